The largest absolute Gasteiger partial charge is 0.380 e. The molecule has 3 aliphatic carbocycles. The van der Waals surface area contributed by atoms with Gasteiger partial charge in [-0.15, -0.1) is 0 Å². The minimum atomic E-state index is -0.520. The van der Waals surface area contributed by atoms with Crippen molar-refractivity contribution in [3.05, 3.63) is 107 Å². The number of hydrogen-bond donors (Lipinski definition) is 1. The fourth-order valence-electron chi connectivity index (χ4n) is 7.82. The molecule has 0 radical (unpaired) electrons. The van der Waals surface area contributed by atoms with E-state index < -0.39 is 5.41 Å². The summed E-state index contributed by atoms with van der Waals surface area (Å²) in [5, 5.41) is 1.20. The molecule has 4 nitrogen and oxygen atoms in total. The first-order chi connectivity index (χ1) is 16.6. The average Bonchev–Trinajstić information content (AvgIpc) is 3.42. The number of para-hydroxylation sites is 1. The number of likely N-dealkylation sites (tertiary alicyclic amines) is 1. The van der Waals surface area contributed by atoms with Gasteiger partial charge in [0.05, 0.1) is 23.5 Å². The van der Waals surface area contributed by atoms with Gasteiger partial charge >= 0.3 is 0 Å². The van der Waals surface area contributed by atoms with Crippen LogP contribution in [0, 0.1) is 11.8 Å². The summed E-state index contributed by atoms with van der Waals surface area (Å²) in [5.41, 5.74) is 7.02. The third kappa shape index (κ3) is 2.16. The molecule has 34 heavy (non-hydrogen) atoms. The Labute approximate surface area is 199 Å². The van der Waals surface area contributed by atoms with Gasteiger partial charge in [-0.1, -0.05) is 66.7 Å². The normalized spacial score (nSPS) is 29.7. The first-order valence-corrected chi connectivity index (χ1v) is 12.1. The molecule has 0 spiro atoms. The first-order valence-electron chi connectivity index (χ1n) is 12.1. The lowest BCUT2D eigenvalue weighted by atomic mass is 9.45. The summed E-state index contributed by atoms with van der Waals surface area (Å²) in [6, 6.07) is 25.9. The predicted molar refractivity (Wildman–Crippen MR) is 133 cm³/mol. The van der Waals surface area contributed by atoms with Gasteiger partial charge in [0, 0.05) is 48.7 Å². The summed E-state index contributed by atoms with van der Waals surface area (Å²) in [6.45, 7) is 2.14. The second kappa shape index (κ2) is 6.83. The fraction of sp³-hybridized carbons (Fsp3) is 0.300. The molecule has 1 unspecified atom stereocenters. The molecule has 2 heterocycles. The number of nitrogens with one attached hydrogen (secondary N) is 1. The van der Waals surface area contributed by atoms with Gasteiger partial charge in [-0.25, -0.2) is 0 Å². The number of nitrogens with zero attached hydrogens (tertiary/aromatic N) is 1. The van der Waals surface area contributed by atoms with E-state index in [1.165, 1.54) is 33.2 Å². The number of fused-ring (bicyclic) bond motifs is 1. The van der Waals surface area contributed by atoms with E-state index in [0.29, 0.717) is 0 Å². The zero-order valence-corrected chi connectivity index (χ0v) is 19.7. The number of ether oxygens (including phenoxy) is 1. The van der Waals surface area contributed by atoms with E-state index in [2.05, 4.69) is 90.9 Å². The molecule has 3 aromatic carbocycles. The van der Waals surface area contributed by atoms with Crippen molar-refractivity contribution in [3.63, 3.8) is 0 Å². The van der Waals surface area contributed by atoms with Gasteiger partial charge in [0.2, 0.25) is 5.91 Å². The number of hydrogen-bond acceptors (Lipinski definition) is 2. The Kier molecular flexibility index (Phi) is 4.03. The Hall–Kier alpha value is -3.37. The van der Waals surface area contributed by atoms with Crippen LogP contribution in [0.1, 0.15) is 46.7 Å². The lowest BCUT2D eigenvalue weighted by Crippen LogP contribution is -2.58. The lowest BCUT2D eigenvalue weighted by Gasteiger charge is -2.57. The Bertz CT molecular complexity index is 1410. The maximum atomic E-state index is 14.3. The molecule has 4 atom stereocenters. The topological polar surface area (TPSA) is 45.3 Å². The second-order valence-corrected chi connectivity index (χ2v) is 10.1. The van der Waals surface area contributed by atoms with Crippen molar-refractivity contribution >= 4 is 16.8 Å². The minimum absolute atomic E-state index is 0.0104. The Balaban J connectivity index is 1.57. The molecule has 1 N–H and O–H groups in total. The molecule has 1 saturated heterocycles. The number of aromatic amines is 1. The Morgan fingerprint density at radius 1 is 0.912 bits per heavy atom. The summed E-state index contributed by atoms with van der Waals surface area (Å²) in [4.78, 5) is 19.8. The molecule has 1 amide bonds. The van der Waals surface area contributed by atoms with Gasteiger partial charge in [-0.05, 0) is 35.2 Å². The zero-order chi connectivity index (χ0) is 23.2. The van der Waals surface area contributed by atoms with E-state index in [0.717, 1.165) is 5.52 Å². The average molecular weight is 449 g/mol. The predicted octanol–water partition coefficient (Wildman–Crippen LogP) is 5.39. The van der Waals surface area contributed by atoms with Crippen LogP contribution in [0.2, 0.25) is 0 Å². The van der Waals surface area contributed by atoms with Crippen molar-refractivity contribution in [3.8, 4) is 0 Å². The van der Waals surface area contributed by atoms with Crippen LogP contribution in [0.3, 0.4) is 0 Å². The number of rotatable bonds is 3. The molecule has 1 fully saturated rings. The molecule has 4 heteroatoms. The highest BCUT2D eigenvalue weighted by molar-refractivity contribution is 5.91. The van der Waals surface area contributed by atoms with Crippen LogP contribution in [-0.4, -0.2) is 36.1 Å². The molecule has 170 valence electrons. The van der Waals surface area contributed by atoms with Crippen LogP contribution in [0.4, 0.5) is 0 Å². The number of carbonyl (C=O) groups excluding carboxylic acids is 1. The molecular weight excluding hydrogens is 420 g/mol. The first kappa shape index (κ1) is 20.0. The third-order valence-corrected chi connectivity index (χ3v) is 9.07. The summed E-state index contributed by atoms with van der Waals surface area (Å²) >= 11 is 0. The van der Waals surface area contributed by atoms with E-state index in [9.17, 15) is 4.79 Å². The molecule has 4 aliphatic rings. The molecule has 8 rings (SSSR count). The number of amides is 1. The monoisotopic (exact) mass is 448 g/mol. The van der Waals surface area contributed by atoms with E-state index in [-0.39, 0.29) is 35.8 Å². The van der Waals surface area contributed by atoms with Crippen molar-refractivity contribution in [2.75, 3.05) is 14.2 Å². The van der Waals surface area contributed by atoms with Gasteiger partial charge in [0.25, 0.3) is 0 Å². The van der Waals surface area contributed by atoms with Crippen LogP contribution in [0.15, 0.2) is 79.0 Å². The van der Waals surface area contributed by atoms with Crippen molar-refractivity contribution in [1.29, 1.82) is 0 Å². The SMILES string of the molecule is COC(C)C12c3ccccc3C(c3ccccc31)[C@@H]1[C@H]2C(=O)N(C)[C@H]1c1c[nH]c2ccccc12. The highest BCUT2D eigenvalue weighted by Gasteiger charge is 2.69. The van der Waals surface area contributed by atoms with Crippen molar-refractivity contribution < 1.29 is 9.53 Å². The van der Waals surface area contributed by atoms with Gasteiger partial charge in [0.15, 0.2) is 0 Å². The van der Waals surface area contributed by atoms with Crippen LogP contribution in [0.5, 0.6) is 0 Å². The lowest BCUT2D eigenvalue weighted by molar-refractivity contribution is -0.135. The molecule has 1 aromatic heterocycles. The van der Waals surface area contributed by atoms with Crippen molar-refractivity contribution in [2.24, 2.45) is 11.8 Å². The maximum Gasteiger partial charge on any atom is 0.227 e. The highest BCUT2D eigenvalue weighted by atomic mass is 16.5. The number of methoxy groups -OCH3 is 1. The van der Waals surface area contributed by atoms with Crippen LogP contribution in [-0.2, 0) is 14.9 Å². The van der Waals surface area contributed by atoms with Crippen molar-refractivity contribution in [1.82, 2.24) is 9.88 Å². The number of benzene rings is 3. The van der Waals surface area contributed by atoms with Gasteiger partial charge in [-0.2, -0.15) is 0 Å². The number of H-pyrrole nitrogens is 1. The van der Waals surface area contributed by atoms with Gasteiger partial charge < -0.3 is 14.6 Å². The third-order valence-electron chi connectivity index (χ3n) is 9.07. The van der Waals surface area contributed by atoms with Crippen LogP contribution < -0.4 is 0 Å². The van der Waals surface area contributed by atoms with Crippen LogP contribution >= 0.6 is 0 Å². The smallest absolute Gasteiger partial charge is 0.227 e. The molecule has 4 aromatic rings. The molecular formula is C30H28N2O2. The van der Waals surface area contributed by atoms with E-state index >= 15 is 0 Å². The second-order valence-electron chi connectivity index (χ2n) is 10.1. The maximum absolute atomic E-state index is 14.3. The zero-order valence-electron chi connectivity index (χ0n) is 19.7. The van der Waals surface area contributed by atoms with Gasteiger partial charge in [-0.3, -0.25) is 4.79 Å². The Morgan fingerprint density at radius 2 is 1.53 bits per heavy atom. The van der Waals surface area contributed by atoms with E-state index in [4.69, 9.17) is 4.74 Å². The minimum Gasteiger partial charge on any atom is -0.380 e. The molecule has 0 saturated carbocycles. The fourth-order valence-corrected chi connectivity index (χ4v) is 7.82. The number of carbonyl (C=O) groups is 1. The highest BCUT2D eigenvalue weighted by Crippen LogP contribution is 2.68. The van der Waals surface area contributed by atoms with Crippen molar-refractivity contribution in [2.45, 2.75) is 30.4 Å². The molecule has 1 aliphatic heterocycles. The quantitative estimate of drug-likeness (QED) is 0.457. The summed E-state index contributed by atoms with van der Waals surface area (Å²) < 4.78 is 6.13. The standard InChI is InChI=1S/C30H28N2O2/c1-17(34-3)30-22-13-7-4-11-19(22)25(20-12-5-8-14-23(20)30)26-27(30)29(33)32(2)28(26)21-16-31-24-15-9-6-10-18(21)24/h4-17,25-28,31H,1-3H3/t17?,25?,26-,27+,28+,30?/m1/s1. The Morgan fingerprint density at radius 3 is 2.21 bits per heavy atom. The number of aromatic nitrogens is 1. The van der Waals surface area contributed by atoms with E-state index in [1.54, 1.807) is 7.11 Å². The van der Waals surface area contributed by atoms with E-state index in [1.807, 2.05) is 11.9 Å². The van der Waals surface area contributed by atoms with Gasteiger partial charge in [0.1, 0.15) is 0 Å². The summed E-state index contributed by atoms with van der Waals surface area (Å²) in [6.07, 6.45) is 1.97. The van der Waals surface area contributed by atoms with Crippen LogP contribution in [0.25, 0.3) is 10.9 Å². The summed E-state index contributed by atoms with van der Waals surface area (Å²) in [5.74, 6) is 0.328. The summed E-state index contributed by atoms with van der Waals surface area (Å²) in [7, 11) is 3.77. The molecule has 2 bridgehead atoms.